The molecule has 0 saturated heterocycles. The fraction of sp³-hybridized carbons (Fsp3) is 0.333. The van der Waals surface area contributed by atoms with E-state index in [9.17, 15) is 9.90 Å². The topological polar surface area (TPSA) is 85.2 Å². The van der Waals surface area contributed by atoms with Crippen LogP contribution in [0.5, 0.6) is 5.75 Å². The van der Waals surface area contributed by atoms with Gasteiger partial charge in [-0.3, -0.25) is 4.79 Å². The van der Waals surface area contributed by atoms with E-state index in [4.69, 9.17) is 4.74 Å². The van der Waals surface area contributed by atoms with Gasteiger partial charge in [-0.25, -0.2) is 4.98 Å². The minimum absolute atomic E-state index is 0.237. The van der Waals surface area contributed by atoms with E-state index in [1.165, 1.54) is 0 Å². The van der Waals surface area contributed by atoms with Gasteiger partial charge in [0.2, 0.25) is 0 Å². The summed E-state index contributed by atoms with van der Waals surface area (Å²) in [6, 6.07) is 7.27. The second kappa shape index (κ2) is 6.30. The minimum atomic E-state index is -0.962. The molecule has 110 valence electrons. The van der Waals surface area contributed by atoms with Crippen molar-refractivity contribution in [3.63, 3.8) is 0 Å². The van der Waals surface area contributed by atoms with Crippen LogP contribution in [0.15, 0.2) is 24.3 Å². The molecule has 0 aliphatic carbocycles. The lowest BCUT2D eigenvalue weighted by Crippen LogP contribution is -2.19. The molecule has 0 radical (unpaired) electrons. The van der Waals surface area contributed by atoms with Crippen molar-refractivity contribution in [1.29, 1.82) is 0 Å². The lowest BCUT2D eigenvalue weighted by molar-refractivity contribution is -0.139. The number of carboxylic acid groups (broad SMARTS) is 1. The third-order valence-corrected chi connectivity index (χ3v) is 3.32. The van der Waals surface area contributed by atoms with Crippen molar-refractivity contribution in [1.82, 2.24) is 15.2 Å². The smallest absolute Gasteiger partial charge is 0.314 e. The van der Waals surface area contributed by atoms with Crippen LogP contribution in [0.1, 0.15) is 28.7 Å². The van der Waals surface area contributed by atoms with Crippen molar-refractivity contribution in [3.05, 3.63) is 47.0 Å². The molecule has 6 nitrogen and oxygen atoms in total. The molecule has 1 aromatic heterocycles. The fourth-order valence-electron chi connectivity index (χ4n) is 1.91. The largest absolute Gasteiger partial charge is 0.497 e. The second-order valence-corrected chi connectivity index (χ2v) is 4.78. The molecule has 0 amide bonds. The minimum Gasteiger partial charge on any atom is -0.497 e. The maximum Gasteiger partial charge on any atom is 0.314 e. The van der Waals surface area contributed by atoms with E-state index in [0.717, 1.165) is 11.3 Å². The summed E-state index contributed by atoms with van der Waals surface area (Å²) in [5, 5.41) is 17.3. The number of ether oxygens (including phenoxy) is 1. The van der Waals surface area contributed by atoms with Crippen molar-refractivity contribution < 1.29 is 14.6 Å². The zero-order chi connectivity index (χ0) is 15.4. The third-order valence-electron chi connectivity index (χ3n) is 3.32. The first kappa shape index (κ1) is 14.9. The average Bonchev–Trinajstić information content (AvgIpc) is 2.48. The molecule has 1 aromatic carbocycles. The van der Waals surface area contributed by atoms with E-state index in [0.29, 0.717) is 17.8 Å². The Bertz CT molecular complexity index is 641. The number of rotatable bonds is 5. The molecule has 1 unspecified atom stereocenters. The first-order valence-electron chi connectivity index (χ1n) is 6.55. The lowest BCUT2D eigenvalue weighted by atomic mass is 9.98. The molecule has 6 heteroatoms. The monoisotopic (exact) mass is 287 g/mol. The average molecular weight is 287 g/mol. The van der Waals surface area contributed by atoms with Crippen LogP contribution in [0, 0.1) is 13.8 Å². The van der Waals surface area contributed by atoms with Crippen molar-refractivity contribution in [2.24, 2.45) is 0 Å². The maximum absolute atomic E-state index is 11.5. The number of nitrogens with zero attached hydrogens (tertiary/aromatic N) is 3. The normalized spacial score (nSPS) is 12.0. The molecule has 0 aliphatic rings. The Morgan fingerprint density at radius 2 is 1.86 bits per heavy atom. The van der Waals surface area contributed by atoms with E-state index in [2.05, 4.69) is 15.2 Å². The lowest BCUT2D eigenvalue weighted by Gasteiger charge is -2.12. The Morgan fingerprint density at radius 1 is 1.19 bits per heavy atom. The second-order valence-electron chi connectivity index (χ2n) is 4.78. The Morgan fingerprint density at radius 3 is 2.38 bits per heavy atom. The number of methoxy groups -OCH3 is 1. The zero-order valence-corrected chi connectivity index (χ0v) is 12.2. The van der Waals surface area contributed by atoms with Gasteiger partial charge in [-0.1, -0.05) is 12.1 Å². The summed E-state index contributed by atoms with van der Waals surface area (Å²) in [6.07, 6.45) is 0.309. The summed E-state index contributed by atoms with van der Waals surface area (Å²) >= 11 is 0. The van der Waals surface area contributed by atoms with Gasteiger partial charge in [0, 0.05) is 0 Å². The molecule has 0 fully saturated rings. The van der Waals surface area contributed by atoms with Gasteiger partial charge in [-0.15, -0.1) is 5.10 Å². The summed E-state index contributed by atoms with van der Waals surface area (Å²) in [5.74, 6) is -0.808. The molecule has 1 heterocycles. The van der Waals surface area contributed by atoms with Gasteiger partial charge in [0.05, 0.1) is 18.5 Å². The third kappa shape index (κ3) is 3.53. The number of aryl methyl sites for hydroxylation is 2. The highest BCUT2D eigenvalue weighted by Crippen LogP contribution is 2.20. The predicted molar refractivity (Wildman–Crippen MR) is 76.4 cm³/mol. The molecule has 0 spiro atoms. The van der Waals surface area contributed by atoms with Gasteiger partial charge in [0.1, 0.15) is 11.7 Å². The van der Waals surface area contributed by atoms with E-state index >= 15 is 0 Å². The molecule has 0 saturated carbocycles. The molecular weight excluding hydrogens is 270 g/mol. The summed E-state index contributed by atoms with van der Waals surface area (Å²) in [4.78, 5) is 15.7. The number of carboxylic acids is 1. The highest BCUT2D eigenvalue weighted by atomic mass is 16.5. The molecule has 21 heavy (non-hydrogen) atoms. The van der Waals surface area contributed by atoms with Gasteiger partial charge >= 0.3 is 5.97 Å². The first-order chi connectivity index (χ1) is 10.0. The van der Waals surface area contributed by atoms with Crippen LogP contribution in [0.25, 0.3) is 0 Å². The predicted octanol–water partition coefficient (Wildman–Crippen LogP) is 1.91. The number of benzene rings is 1. The van der Waals surface area contributed by atoms with E-state index < -0.39 is 11.9 Å². The van der Waals surface area contributed by atoms with Crippen LogP contribution in [-0.4, -0.2) is 33.4 Å². The summed E-state index contributed by atoms with van der Waals surface area (Å²) in [7, 11) is 1.59. The first-order valence-corrected chi connectivity index (χ1v) is 6.55. The van der Waals surface area contributed by atoms with Gasteiger partial charge in [-0.2, -0.15) is 5.10 Å². The van der Waals surface area contributed by atoms with E-state index in [1.54, 1.807) is 33.1 Å². The molecule has 2 rings (SSSR count). The molecule has 0 bridgehead atoms. The Kier molecular flexibility index (Phi) is 4.47. The van der Waals surface area contributed by atoms with Crippen LogP contribution < -0.4 is 4.74 Å². The van der Waals surface area contributed by atoms with Crippen LogP contribution >= 0.6 is 0 Å². The maximum atomic E-state index is 11.5. The van der Waals surface area contributed by atoms with Crippen molar-refractivity contribution in [2.45, 2.75) is 26.2 Å². The van der Waals surface area contributed by atoms with E-state index in [-0.39, 0.29) is 5.82 Å². The number of hydrogen-bond acceptors (Lipinski definition) is 5. The summed E-state index contributed by atoms with van der Waals surface area (Å²) in [6.45, 7) is 3.58. The van der Waals surface area contributed by atoms with Gasteiger partial charge in [-0.05, 0) is 38.0 Å². The molecular formula is C15H17N3O3. The molecule has 1 atom stereocenters. The van der Waals surface area contributed by atoms with E-state index in [1.807, 2.05) is 12.1 Å². The van der Waals surface area contributed by atoms with Crippen LogP contribution in [0.4, 0.5) is 0 Å². The van der Waals surface area contributed by atoms with Crippen LogP contribution in [-0.2, 0) is 11.2 Å². The Hall–Kier alpha value is -2.50. The Balaban J connectivity index is 2.26. The fourth-order valence-corrected chi connectivity index (χ4v) is 1.91. The van der Waals surface area contributed by atoms with Crippen LogP contribution in [0.3, 0.4) is 0 Å². The summed E-state index contributed by atoms with van der Waals surface area (Å²) < 4.78 is 5.08. The van der Waals surface area contributed by atoms with Gasteiger partial charge in [0.15, 0.2) is 5.82 Å². The SMILES string of the molecule is COc1ccc(CC(C(=O)O)c2nnc(C)c(C)n2)cc1. The standard InChI is InChI=1S/C15H17N3O3/c1-9-10(2)17-18-14(16-9)13(15(19)20)8-11-4-6-12(21-3)7-5-11/h4-7,13H,8H2,1-3H3,(H,19,20). The quantitative estimate of drug-likeness (QED) is 0.904. The van der Waals surface area contributed by atoms with Crippen LogP contribution in [0.2, 0.25) is 0 Å². The van der Waals surface area contributed by atoms with Crippen molar-refractivity contribution in [3.8, 4) is 5.75 Å². The summed E-state index contributed by atoms with van der Waals surface area (Å²) in [5.41, 5.74) is 2.28. The molecule has 0 aliphatic heterocycles. The highest BCUT2D eigenvalue weighted by Gasteiger charge is 2.24. The number of aliphatic carboxylic acids is 1. The molecule has 2 aromatic rings. The molecule has 1 N–H and O–H groups in total. The number of aromatic nitrogens is 3. The van der Waals surface area contributed by atoms with Crippen molar-refractivity contribution in [2.75, 3.05) is 7.11 Å². The number of hydrogen-bond donors (Lipinski definition) is 1. The highest BCUT2D eigenvalue weighted by molar-refractivity contribution is 5.75. The van der Waals surface area contributed by atoms with Crippen molar-refractivity contribution >= 4 is 5.97 Å². The van der Waals surface area contributed by atoms with Gasteiger partial charge in [0.25, 0.3) is 0 Å². The number of carbonyl (C=O) groups is 1. The Labute approximate surface area is 122 Å². The zero-order valence-electron chi connectivity index (χ0n) is 12.2. The van der Waals surface area contributed by atoms with Gasteiger partial charge < -0.3 is 9.84 Å².